The largest absolute Gasteiger partial charge is 0.417 e. The van der Waals surface area contributed by atoms with Gasteiger partial charge in [0.1, 0.15) is 0 Å². The number of ketones is 1. The van der Waals surface area contributed by atoms with Gasteiger partial charge in [0.15, 0.2) is 12.1 Å². The quantitative estimate of drug-likeness (QED) is 0.802. The van der Waals surface area contributed by atoms with Crippen LogP contribution >= 0.6 is 0 Å². The molecular weight excluding hydrogens is 309 g/mol. The molecule has 1 fully saturated rings. The second kappa shape index (κ2) is 6.14. The second-order valence-corrected chi connectivity index (χ2v) is 5.07. The lowest BCUT2D eigenvalue weighted by Crippen LogP contribution is -2.14. The van der Waals surface area contributed by atoms with E-state index < -0.39 is 23.8 Å². The van der Waals surface area contributed by atoms with Gasteiger partial charge in [0.05, 0.1) is 18.8 Å². The van der Waals surface area contributed by atoms with Crippen molar-refractivity contribution < 1.29 is 27.4 Å². The highest BCUT2D eigenvalue weighted by Crippen LogP contribution is 2.33. The number of carbonyl (C=O) groups excluding carboxylic acids is 1. The summed E-state index contributed by atoms with van der Waals surface area (Å²) in [4.78, 5) is 12.5. The van der Waals surface area contributed by atoms with Gasteiger partial charge >= 0.3 is 6.18 Å². The lowest BCUT2D eigenvalue weighted by Gasteiger charge is -2.13. The molecule has 0 aliphatic carbocycles. The summed E-state index contributed by atoms with van der Waals surface area (Å²) in [5.41, 5.74) is -0.537. The van der Waals surface area contributed by atoms with E-state index in [1.54, 1.807) is 12.1 Å². The first-order chi connectivity index (χ1) is 11.0. The number of benzene rings is 2. The molecule has 3 rings (SSSR count). The first-order valence-corrected chi connectivity index (χ1v) is 7.01. The SMILES string of the molecule is O=C(c1cccc(C2OCCO2)c1)c1ccccc1C(F)(F)F. The number of alkyl halides is 3. The molecule has 1 saturated heterocycles. The number of hydrogen-bond donors (Lipinski definition) is 0. The molecule has 0 radical (unpaired) electrons. The normalized spacial score (nSPS) is 15.8. The maximum atomic E-state index is 13.1. The molecule has 3 nitrogen and oxygen atoms in total. The molecule has 0 N–H and O–H groups in total. The molecule has 1 heterocycles. The van der Waals surface area contributed by atoms with E-state index in [9.17, 15) is 18.0 Å². The third-order valence-electron chi connectivity index (χ3n) is 3.52. The van der Waals surface area contributed by atoms with Gasteiger partial charge in [-0.1, -0.05) is 36.4 Å². The van der Waals surface area contributed by atoms with Crippen LogP contribution in [0, 0.1) is 0 Å². The molecule has 0 spiro atoms. The average Bonchev–Trinajstić information content (AvgIpc) is 3.08. The number of hydrogen-bond acceptors (Lipinski definition) is 3. The van der Waals surface area contributed by atoms with Crippen molar-refractivity contribution in [2.45, 2.75) is 12.5 Å². The highest BCUT2D eigenvalue weighted by molar-refractivity contribution is 6.10. The molecule has 1 aliphatic heterocycles. The molecule has 0 unspecified atom stereocenters. The van der Waals surface area contributed by atoms with Crippen molar-refractivity contribution in [2.24, 2.45) is 0 Å². The summed E-state index contributed by atoms with van der Waals surface area (Å²) < 4.78 is 49.9. The minimum absolute atomic E-state index is 0.165. The summed E-state index contributed by atoms with van der Waals surface area (Å²) in [5, 5.41) is 0. The van der Waals surface area contributed by atoms with Crippen LogP contribution in [0.15, 0.2) is 48.5 Å². The van der Waals surface area contributed by atoms with E-state index in [0.717, 1.165) is 6.07 Å². The van der Waals surface area contributed by atoms with Crippen LogP contribution in [-0.2, 0) is 15.7 Å². The minimum Gasteiger partial charge on any atom is -0.346 e. The van der Waals surface area contributed by atoms with Crippen LogP contribution in [-0.4, -0.2) is 19.0 Å². The third-order valence-corrected chi connectivity index (χ3v) is 3.52. The van der Waals surface area contributed by atoms with Crippen LogP contribution in [0.1, 0.15) is 33.3 Å². The van der Waals surface area contributed by atoms with Crippen molar-refractivity contribution >= 4 is 5.78 Å². The predicted octanol–water partition coefficient (Wildman–Crippen LogP) is 3.98. The van der Waals surface area contributed by atoms with E-state index in [1.165, 1.54) is 30.3 Å². The molecule has 0 saturated carbocycles. The van der Waals surface area contributed by atoms with E-state index >= 15 is 0 Å². The maximum absolute atomic E-state index is 13.1. The first-order valence-electron chi connectivity index (χ1n) is 7.01. The Morgan fingerprint density at radius 3 is 2.39 bits per heavy atom. The Kier molecular flexibility index (Phi) is 4.19. The fourth-order valence-electron chi connectivity index (χ4n) is 2.46. The van der Waals surface area contributed by atoms with Gasteiger partial charge in [-0.15, -0.1) is 0 Å². The van der Waals surface area contributed by atoms with Crippen LogP contribution in [0.4, 0.5) is 13.2 Å². The van der Waals surface area contributed by atoms with E-state index in [4.69, 9.17) is 9.47 Å². The topological polar surface area (TPSA) is 35.5 Å². The molecular formula is C17H13F3O3. The minimum atomic E-state index is -4.58. The fraction of sp³-hybridized carbons (Fsp3) is 0.235. The molecule has 1 aliphatic rings. The van der Waals surface area contributed by atoms with Gasteiger partial charge in [0.2, 0.25) is 0 Å². The van der Waals surface area contributed by atoms with Gasteiger partial charge in [-0.05, 0) is 12.1 Å². The highest BCUT2D eigenvalue weighted by Gasteiger charge is 2.35. The molecule has 6 heteroatoms. The Morgan fingerprint density at radius 2 is 1.70 bits per heavy atom. The summed E-state index contributed by atoms with van der Waals surface area (Å²) in [6, 6.07) is 11.1. The molecule has 23 heavy (non-hydrogen) atoms. The Hall–Kier alpha value is -2.18. The Labute approximate surface area is 130 Å². The van der Waals surface area contributed by atoms with Crippen molar-refractivity contribution in [3.63, 3.8) is 0 Å². The zero-order valence-electron chi connectivity index (χ0n) is 12.0. The van der Waals surface area contributed by atoms with E-state index in [1.807, 2.05) is 0 Å². The highest BCUT2D eigenvalue weighted by atomic mass is 19.4. The van der Waals surface area contributed by atoms with Crippen LogP contribution < -0.4 is 0 Å². The molecule has 2 aromatic rings. The lowest BCUT2D eigenvalue weighted by molar-refractivity contribution is -0.137. The van der Waals surface area contributed by atoms with E-state index in [2.05, 4.69) is 0 Å². The Morgan fingerprint density at radius 1 is 1.00 bits per heavy atom. The monoisotopic (exact) mass is 322 g/mol. The number of ether oxygens (including phenoxy) is 2. The summed E-state index contributed by atoms with van der Waals surface area (Å²) >= 11 is 0. The molecule has 0 amide bonds. The van der Waals surface area contributed by atoms with Gasteiger partial charge in [-0.3, -0.25) is 4.79 Å². The Balaban J connectivity index is 1.97. The van der Waals surface area contributed by atoms with Gasteiger partial charge in [0, 0.05) is 16.7 Å². The van der Waals surface area contributed by atoms with Crippen molar-refractivity contribution in [1.82, 2.24) is 0 Å². The van der Waals surface area contributed by atoms with Crippen LogP contribution in [0.5, 0.6) is 0 Å². The van der Waals surface area contributed by atoms with Crippen molar-refractivity contribution in [3.05, 3.63) is 70.8 Å². The molecule has 120 valence electrons. The number of rotatable bonds is 3. The zero-order valence-corrected chi connectivity index (χ0v) is 12.0. The summed E-state index contributed by atoms with van der Waals surface area (Å²) in [6.07, 6.45) is -5.16. The van der Waals surface area contributed by atoms with Crippen LogP contribution in [0.2, 0.25) is 0 Å². The van der Waals surface area contributed by atoms with Gasteiger partial charge < -0.3 is 9.47 Å². The first kappa shape index (κ1) is 15.7. The molecule has 0 atom stereocenters. The third kappa shape index (κ3) is 3.28. The lowest BCUT2D eigenvalue weighted by atomic mass is 9.97. The van der Waals surface area contributed by atoms with Crippen LogP contribution in [0.25, 0.3) is 0 Å². The number of halogens is 3. The van der Waals surface area contributed by atoms with Gasteiger partial charge in [-0.25, -0.2) is 0 Å². The fourth-order valence-corrected chi connectivity index (χ4v) is 2.46. The second-order valence-electron chi connectivity index (χ2n) is 5.07. The zero-order chi connectivity index (χ0) is 16.4. The summed E-state index contributed by atoms with van der Waals surface area (Å²) in [5.74, 6) is -0.683. The predicted molar refractivity (Wildman–Crippen MR) is 76.0 cm³/mol. The van der Waals surface area contributed by atoms with Crippen LogP contribution in [0.3, 0.4) is 0 Å². The average molecular weight is 322 g/mol. The molecule has 0 aromatic heterocycles. The summed E-state index contributed by atoms with van der Waals surface area (Å²) in [7, 11) is 0. The van der Waals surface area contributed by atoms with Gasteiger partial charge in [-0.2, -0.15) is 13.2 Å². The smallest absolute Gasteiger partial charge is 0.346 e. The van der Waals surface area contributed by atoms with Crippen molar-refractivity contribution in [3.8, 4) is 0 Å². The summed E-state index contributed by atoms with van der Waals surface area (Å²) in [6.45, 7) is 0.888. The Bertz CT molecular complexity index is 719. The van der Waals surface area contributed by atoms with Crippen molar-refractivity contribution in [2.75, 3.05) is 13.2 Å². The van der Waals surface area contributed by atoms with E-state index in [0.29, 0.717) is 18.8 Å². The molecule has 2 aromatic carbocycles. The number of carbonyl (C=O) groups is 1. The van der Waals surface area contributed by atoms with E-state index in [-0.39, 0.29) is 11.1 Å². The maximum Gasteiger partial charge on any atom is 0.417 e. The molecule has 0 bridgehead atoms. The van der Waals surface area contributed by atoms with Crippen molar-refractivity contribution in [1.29, 1.82) is 0 Å². The standard InChI is InChI=1S/C17H13F3O3/c18-17(19,20)14-7-2-1-6-13(14)15(21)11-4-3-5-12(10-11)16-22-8-9-23-16/h1-7,10,16H,8-9H2. The van der Waals surface area contributed by atoms with Gasteiger partial charge in [0.25, 0.3) is 0 Å².